The largest absolute Gasteiger partial charge is 0.397 e. The Kier molecular flexibility index (Phi) is 8.15. The number of carbonyl (C=O) groups excluding carboxylic acids is 1. The third-order valence-electron chi connectivity index (χ3n) is 7.56. The molecule has 2 aromatic heterocycles. The molecule has 0 bridgehead atoms. The van der Waals surface area contributed by atoms with Crippen molar-refractivity contribution in [3.05, 3.63) is 93.5 Å². The second-order valence-electron chi connectivity index (χ2n) is 10.4. The summed E-state index contributed by atoms with van der Waals surface area (Å²) in [4.78, 5) is 38.1. The Morgan fingerprint density at radius 1 is 1.10 bits per heavy atom. The maximum atomic E-state index is 13.9. The predicted molar refractivity (Wildman–Crippen MR) is 157 cm³/mol. The fourth-order valence-corrected chi connectivity index (χ4v) is 6.37. The molecular formula is C30H33N7O3S. The lowest BCUT2D eigenvalue weighted by Gasteiger charge is -2.30. The van der Waals surface area contributed by atoms with Crippen LogP contribution < -0.4 is 16.6 Å². The van der Waals surface area contributed by atoms with Gasteiger partial charge in [0.15, 0.2) is 11.0 Å². The van der Waals surface area contributed by atoms with Gasteiger partial charge in [0.25, 0.3) is 5.56 Å². The number of nitrogens with one attached hydrogen (secondary N) is 1. The minimum absolute atomic E-state index is 0.0171. The summed E-state index contributed by atoms with van der Waals surface area (Å²) < 4.78 is 6.98. The number of nitrogens with zero attached hydrogens (tertiary/aromatic N) is 5. The summed E-state index contributed by atoms with van der Waals surface area (Å²) in [6.45, 7) is 1.62. The Hall–Kier alpha value is -3.96. The highest BCUT2D eigenvalue weighted by Crippen LogP contribution is 2.37. The predicted octanol–water partition coefficient (Wildman–Crippen LogP) is 3.50. The van der Waals surface area contributed by atoms with Gasteiger partial charge in [-0.15, -0.1) is 0 Å². The Balaban J connectivity index is 1.08. The molecule has 10 nitrogen and oxygen atoms in total. The summed E-state index contributed by atoms with van der Waals surface area (Å²) in [6, 6.07) is 17.3. The maximum Gasteiger partial charge on any atom is 0.264 e. The van der Waals surface area contributed by atoms with Gasteiger partial charge in [0.2, 0.25) is 11.8 Å². The molecule has 0 atom stereocenters. The zero-order valence-corrected chi connectivity index (χ0v) is 23.6. The highest BCUT2D eigenvalue weighted by Gasteiger charge is 2.29. The Morgan fingerprint density at radius 3 is 2.68 bits per heavy atom. The number of hydrogen-bond acceptors (Lipinski definition) is 9. The molecular weight excluding hydrogens is 538 g/mol. The fraction of sp³-hybridized carbons (Fsp3) is 0.367. The van der Waals surface area contributed by atoms with Crippen LogP contribution in [0.2, 0.25) is 0 Å². The monoisotopic (exact) mass is 571 g/mol. The van der Waals surface area contributed by atoms with E-state index in [4.69, 9.17) is 15.2 Å². The Bertz CT molecular complexity index is 1580. The molecule has 212 valence electrons. The van der Waals surface area contributed by atoms with Crippen molar-refractivity contribution >= 4 is 23.4 Å². The van der Waals surface area contributed by atoms with Crippen LogP contribution in [0.5, 0.6) is 0 Å². The number of fused-ring (bicyclic) bond motifs is 1. The standard InChI is InChI=1S/C30H33N7O3S/c31-23-11-4-5-12-25(23)37-29(39)22-19-36(16-14-24(22)33-30(37)41-21-9-6-10-21)28(38)13-15-32-18-27-34-26(35-40-27)17-20-7-2-1-3-8-20/h1-5,7-8,11-12,21,32H,6,9-10,13-19,31H2. The molecule has 11 heteroatoms. The molecule has 1 saturated carbocycles. The highest BCUT2D eigenvalue weighted by molar-refractivity contribution is 7.99. The van der Waals surface area contributed by atoms with E-state index in [9.17, 15) is 9.59 Å². The van der Waals surface area contributed by atoms with Gasteiger partial charge < -0.3 is 20.5 Å². The zero-order valence-electron chi connectivity index (χ0n) is 22.8. The van der Waals surface area contributed by atoms with Crippen molar-refractivity contribution in [3.8, 4) is 5.69 Å². The van der Waals surface area contributed by atoms with Gasteiger partial charge in [0.05, 0.1) is 35.7 Å². The average Bonchev–Trinajstić information content (AvgIpc) is 3.41. The average molecular weight is 572 g/mol. The first-order valence-corrected chi connectivity index (χ1v) is 14.9. The number of benzene rings is 2. The number of aromatic nitrogens is 4. The fourth-order valence-electron chi connectivity index (χ4n) is 5.05. The molecule has 1 fully saturated rings. The van der Waals surface area contributed by atoms with E-state index < -0.39 is 0 Å². The lowest BCUT2D eigenvalue weighted by molar-refractivity contribution is -0.132. The SMILES string of the molecule is Nc1ccccc1-n1c(SC2CCC2)nc2c(c1=O)CN(C(=O)CCNCc1nc(Cc3ccccc3)no1)CC2. The lowest BCUT2D eigenvalue weighted by atomic mass is 10.0. The molecule has 2 aromatic carbocycles. The van der Waals surface area contributed by atoms with Gasteiger partial charge in [-0.2, -0.15) is 4.98 Å². The van der Waals surface area contributed by atoms with Crippen LogP contribution in [0.1, 0.15) is 54.2 Å². The number of anilines is 1. The van der Waals surface area contributed by atoms with Crippen LogP contribution in [0.4, 0.5) is 5.69 Å². The summed E-state index contributed by atoms with van der Waals surface area (Å²) in [5, 5.41) is 8.41. The number of nitrogens with two attached hydrogens (primary N) is 1. The second kappa shape index (κ2) is 12.3. The van der Waals surface area contributed by atoms with E-state index >= 15 is 0 Å². The number of thioether (sulfide) groups is 1. The van der Waals surface area contributed by atoms with Crippen LogP contribution in [0.25, 0.3) is 5.69 Å². The van der Waals surface area contributed by atoms with Gasteiger partial charge in [-0.25, -0.2) is 4.98 Å². The van der Waals surface area contributed by atoms with E-state index in [2.05, 4.69) is 15.5 Å². The summed E-state index contributed by atoms with van der Waals surface area (Å²) >= 11 is 1.66. The molecule has 1 aliphatic heterocycles. The first-order valence-electron chi connectivity index (χ1n) is 14.1. The van der Waals surface area contributed by atoms with Crippen molar-refractivity contribution in [2.45, 2.75) is 62.0 Å². The Labute approximate surface area is 242 Å². The Morgan fingerprint density at radius 2 is 1.90 bits per heavy atom. The number of amides is 1. The molecule has 4 aromatic rings. The van der Waals surface area contributed by atoms with Gasteiger partial charge in [0.1, 0.15) is 0 Å². The molecule has 3 heterocycles. The first kappa shape index (κ1) is 27.2. The molecule has 3 N–H and O–H groups in total. The van der Waals surface area contributed by atoms with Crippen LogP contribution >= 0.6 is 11.8 Å². The van der Waals surface area contributed by atoms with Crippen molar-refractivity contribution in [3.63, 3.8) is 0 Å². The number of hydrogen-bond donors (Lipinski definition) is 2. The number of para-hydroxylation sites is 2. The lowest BCUT2D eigenvalue weighted by Crippen LogP contribution is -2.42. The summed E-state index contributed by atoms with van der Waals surface area (Å²) in [5.74, 6) is 1.09. The van der Waals surface area contributed by atoms with Gasteiger partial charge in [0, 0.05) is 37.6 Å². The molecule has 6 rings (SSSR count). The third kappa shape index (κ3) is 6.20. The van der Waals surface area contributed by atoms with Gasteiger partial charge in [-0.3, -0.25) is 14.2 Å². The van der Waals surface area contributed by atoms with Crippen molar-refractivity contribution in [2.24, 2.45) is 0 Å². The van der Waals surface area contributed by atoms with E-state index in [0.717, 1.165) is 24.1 Å². The summed E-state index contributed by atoms with van der Waals surface area (Å²) in [6.07, 6.45) is 4.91. The molecule has 1 amide bonds. The van der Waals surface area contributed by atoms with Crippen molar-refractivity contribution in [1.29, 1.82) is 0 Å². The van der Waals surface area contributed by atoms with Crippen LogP contribution in [0.3, 0.4) is 0 Å². The molecule has 2 aliphatic rings. The van der Waals surface area contributed by atoms with Gasteiger partial charge in [-0.05, 0) is 30.5 Å². The number of nitrogen functional groups attached to an aromatic ring is 1. The molecule has 41 heavy (non-hydrogen) atoms. The van der Waals surface area contributed by atoms with Crippen molar-refractivity contribution in [2.75, 3.05) is 18.8 Å². The minimum Gasteiger partial charge on any atom is -0.397 e. The molecule has 0 spiro atoms. The van der Waals surface area contributed by atoms with Crippen LogP contribution in [-0.4, -0.2) is 48.8 Å². The maximum absolute atomic E-state index is 13.9. The summed E-state index contributed by atoms with van der Waals surface area (Å²) in [7, 11) is 0. The van der Waals surface area contributed by atoms with E-state index in [1.807, 2.05) is 48.5 Å². The summed E-state index contributed by atoms with van der Waals surface area (Å²) in [5.41, 5.74) is 9.76. The van der Waals surface area contributed by atoms with E-state index in [1.54, 1.807) is 27.3 Å². The highest BCUT2D eigenvalue weighted by atomic mass is 32.2. The second-order valence-corrected chi connectivity index (χ2v) is 11.7. The first-order chi connectivity index (χ1) is 20.0. The minimum atomic E-state index is -0.145. The zero-order chi connectivity index (χ0) is 28.2. The molecule has 1 aliphatic carbocycles. The quantitative estimate of drug-likeness (QED) is 0.167. The van der Waals surface area contributed by atoms with E-state index in [0.29, 0.717) is 78.0 Å². The van der Waals surface area contributed by atoms with Crippen LogP contribution in [-0.2, 0) is 30.7 Å². The molecule has 0 saturated heterocycles. The number of rotatable bonds is 10. The van der Waals surface area contributed by atoms with E-state index in [-0.39, 0.29) is 18.0 Å². The topological polar surface area (TPSA) is 132 Å². The van der Waals surface area contributed by atoms with Crippen LogP contribution in [0.15, 0.2) is 69.1 Å². The van der Waals surface area contributed by atoms with Gasteiger partial charge >= 0.3 is 0 Å². The number of carbonyl (C=O) groups is 1. The third-order valence-corrected chi connectivity index (χ3v) is 8.85. The molecule has 0 radical (unpaired) electrons. The van der Waals surface area contributed by atoms with Crippen molar-refractivity contribution < 1.29 is 9.32 Å². The van der Waals surface area contributed by atoms with Crippen LogP contribution in [0, 0.1) is 0 Å². The van der Waals surface area contributed by atoms with Gasteiger partial charge in [-0.1, -0.05) is 65.8 Å². The molecule has 0 unspecified atom stereocenters. The normalized spacial score (nSPS) is 15.0. The van der Waals surface area contributed by atoms with E-state index in [1.165, 1.54) is 6.42 Å². The van der Waals surface area contributed by atoms with Crippen molar-refractivity contribution in [1.82, 2.24) is 29.9 Å². The smallest absolute Gasteiger partial charge is 0.264 e.